The number of carbonyl (C=O) groups excluding carboxylic acids is 1. The molecule has 190 valence electrons. The van der Waals surface area contributed by atoms with Crippen molar-refractivity contribution in [2.75, 3.05) is 11.9 Å². The van der Waals surface area contributed by atoms with Crippen molar-refractivity contribution in [1.29, 1.82) is 0 Å². The van der Waals surface area contributed by atoms with Crippen LogP contribution in [0.3, 0.4) is 0 Å². The third kappa shape index (κ3) is 8.67. The summed E-state index contributed by atoms with van der Waals surface area (Å²) >= 11 is 3.24. The number of hydrogen-bond acceptors (Lipinski definition) is 7. The number of aromatic carboxylic acids is 1. The highest BCUT2D eigenvalue weighted by atomic mass is 79.9. The van der Waals surface area contributed by atoms with Crippen LogP contribution in [0.25, 0.3) is 0 Å². The largest absolute Gasteiger partial charge is 0.477 e. The maximum Gasteiger partial charge on any atom is 0.407 e. The Labute approximate surface area is 210 Å². The van der Waals surface area contributed by atoms with Crippen molar-refractivity contribution >= 4 is 39.6 Å². The van der Waals surface area contributed by atoms with Crippen LogP contribution >= 0.6 is 15.9 Å². The van der Waals surface area contributed by atoms with E-state index >= 15 is 0 Å². The Bertz CT molecular complexity index is 1130. The van der Waals surface area contributed by atoms with Crippen molar-refractivity contribution in [1.82, 2.24) is 20.1 Å². The van der Waals surface area contributed by atoms with E-state index in [1.165, 1.54) is 16.9 Å². The third-order valence-corrected chi connectivity index (χ3v) is 4.58. The Morgan fingerprint density at radius 3 is 2.66 bits per heavy atom. The number of aromatic nitrogens is 3. The molecule has 2 heterocycles. The van der Waals surface area contributed by atoms with Crippen LogP contribution in [0.1, 0.15) is 43.6 Å². The molecule has 2 rings (SSSR count). The second kappa shape index (κ2) is 11.8. The highest BCUT2D eigenvalue weighted by Crippen LogP contribution is 2.21. The number of carbonyl (C=O) groups is 2. The standard InChI is InChI=1S/C22H28BrFN6O5/c1-12(8-27-21(33)35-22(3,4)5)34-19-14(7-15(24)10-26-19)9-25-17(13(2)23)29-18-16(20(31)32)11-28-30(18)6/h7,10-12H,2,8-9H2,1,3-6H3,(H,25,29)(H,27,33)(H,31,32)/t12-/m0/s1. The molecule has 13 heteroatoms. The first-order valence-corrected chi connectivity index (χ1v) is 11.3. The molecule has 2 aromatic rings. The summed E-state index contributed by atoms with van der Waals surface area (Å²) in [4.78, 5) is 31.7. The molecule has 0 aromatic carbocycles. The highest BCUT2D eigenvalue weighted by Gasteiger charge is 2.19. The number of nitrogens with zero attached hydrogens (tertiary/aromatic N) is 4. The summed E-state index contributed by atoms with van der Waals surface area (Å²) in [5.41, 5.74) is -0.369. The molecule has 11 nitrogen and oxygen atoms in total. The Morgan fingerprint density at radius 1 is 1.37 bits per heavy atom. The van der Waals surface area contributed by atoms with E-state index in [0.717, 1.165) is 6.20 Å². The Balaban J connectivity index is 2.16. The van der Waals surface area contributed by atoms with Crippen molar-refractivity contribution in [3.05, 3.63) is 46.5 Å². The minimum Gasteiger partial charge on any atom is -0.477 e. The van der Waals surface area contributed by atoms with E-state index in [2.05, 4.69) is 48.2 Å². The van der Waals surface area contributed by atoms with Gasteiger partial charge in [-0.15, -0.1) is 0 Å². The van der Waals surface area contributed by atoms with Gasteiger partial charge in [-0.2, -0.15) is 5.10 Å². The third-order valence-electron chi connectivity index (χ3n) is 4.21. The maximum absolute atomic E-state index is 13.9. The number of carboxylic acids is 1. The van der Waals surface area contributed by atoms with Gasteiger partial charge in [-0.25, -0.2) is 19.0 Å². The first kappa shape index (κ1) is 27.8. The number of hydrogen-bond donors (Lipinski definition) is 3. The summed E-state index contributed by atoms with van der Waals surface area (Å²) in [5.74, 6) is -1.24. The van der Waals surface area contributed by atoms with Gasteiger partial charge in [-0.1, -0.05) is 6.58 Å². The van der Waals surface area contributed by atoms with Crippen LogP contribution in [-0.4, -0.2) is 56.0 Å². The number of amides is 1. The number of rotatable bonds is 9. The van der Waals surface area contributed by atoms with Gasteiger partial charge in [0.05, 0.1) is 30.0 Å². The van der Waals surface area contributed by atoms with E-state index in [0.29, 0.717) is 10.0 Å². The quantitative estimate of drug-likeness (QED) is 0.313. The van der Waals surface area contributed by atoms with Crippen molar-refractivity contribution in [3.63, 3.8) is 0 Å². The molecule has 2 aromatic heterocycles. The van der Waals surface area contributed by atoms with Crippen LogP contribution in [0.2, 0.25) is 0 Å². The van der Waals surface area contributed by atoms with Gasteiger partial charge in [0.25, 0.3) is 0 Å². The van der Waals surface area contributed by atoms with E-state index < -0.39 is 29.6 Å². The van der Waals surface area contributed by atoms with Crippen LogP contribution in [0.5, 0.6) is 5.88 Å². The average molecular weight is 555 g/mol. The van der Waals surface area contributed by atoms with Crippen molar-refractivity contribution in [2.45, 2.75) is 45.9 Å². The molecule has 0 bridgehead atoms. The van der Waals surface area contributed by atoms with Gasteiger partial charge in [-0.3, -0.25) is 9.67 Å². The number of carboxylic acid groups (broad SMARTS) is 1. The summed E-state index contributed by atoms with van der Waals surface area (Å²) in [7, 11) is 1.57. The number of pyridine rings is 1. The Kier molecular flexibility index (Phi) is 9.34. The van der Waals surface area contributed by atoms with Crippen molar-refractivity contribution < 1.29 is 28.6 Å². The number of halogens is 2. The molecule has 35 heavy (non-hydrogen) atoms. The zero-order valence-corrected chi connectivity index (χ0v) is 21.6. The van der Waals surface area contributed by atoms with Crippen molar-refractivity contribution in [2.24, 2.45) is 12.0 Å². The summed E-state index contributed by atoms with van der Waals surface area (Å²) in [5, 5.41) is 18.8. The average Bonchev–Trinajstić information content (AvgIpc) is 3.10. The van der Waals surface area contributed by atoms with E-state index in [4.69, 9.17) is 9.47 Å². The fraction of sp³-hybridized carbons (Fsp3) is 0.409. The topological polar surface area (TPSA) is 140 Å². The van der Waals surface area contributed by atoms with Gasteiger partial charge in [0.15, 0.2) is 0 Å². The van der Waals surface area contributed by atoms with E-state index in [9.17, 15) is 19.1 Å². The van der Waals surface area contributed by atoms with Gasteiger partial charge < -0.3 is 25.2 Å². The SMILES string of the molecule is C=C(Br)C(=NCc1cc(F)cnc1O[C@@H](C)CNC(=O)OC(C)(C)C)Nc1c(C(=O)O)cnn1C. The molecule has 0 aliphatic rings. The number of aryl methyl sites for hydroxylation is 1. The van der Waals surface area contributed by atoms with Gasteiger partial charge in [0.2, 0.25) is 5.88 Å². The number of ether oxygens (including phenoxy) is 2. The van der Waals surface area contributed by atoms with Crippen LogP contribution < -0.4 is 15.4 Å². The van der Waals surface area contributed by atoms with E-state index in [1.54, 1.807) is 34.7 Å². The molecule has 0 aliphatic carbocycles. The zero-order chi connectivity index (χ0) is 26.3. The Hall–Kier alpha value is -3.48. The highest BCUT2D eigenvalue weighted by molar-refractivity contribution is 9.12. The molecular weight excluding hydrogens is 527 g/mol. The molecule has 1 atom stereocenters. The van der Waals surface area contributed by atoms with E-state index in [1.807, 2.05) is 0 Å². The number of amidine groups is 1. The summed E-state index contributed by atoms with van der Waals surface area (Å²) in [6.07, 6.45) is 1.11. The zero-order valence-electron chi connectivity index (χ0n) is 20.1. The predicted octanol–water partition coefficient (Wildman–Crippen LogP) is 3.86. The van der Waals surface area contributed by atoms with Crippen molar-refractivity contribution in [3.8, 4) is 5.88 Å². The molecular formula is C22H28BrFN6O5. The van der Waals surface area contributed by atoms with Crippen LogP contribution in [0, 0.1) is 5.82 Å². The molecule has 1 amide bonds. The number of alkyl carbamates (subject to hydrolysis) is 1. The second-order valence-electron chi connectivity index (χ2n) is 8.46. The van der Waals surface area contributed by atoms with Gasteiger partial charge in [0, 0.05) is 12.6 Å². The summed E-state index contributed by atoms with van der Waals surface area (Å²) in [6.45, 7) is 10.8. The van der Waals surface area contributed by atoms with Crippen LogP contribution in [-0.2, 0) is 18.3 Å². The van der Waals surface area contributed by atoms with Crippen LogP contribution in [0.4, 0.5) is 15.0 Å². The second-order valence-corrected chi connectivity index (χ2v) is 9.42. The van der Waals surface area contributed by atoms with Gasteiger partial charge in [-0.05, 0) is 49.7 Å². The van der Waals surface area contributed by atoms with E-state index in [-0.39, 0.29) is 36.2 Å². The number of anilines is 1. The smallest absolute Gasteiger partial charge is 0.407 e. The Morgan fingerprint density at radius 2 is 2.06 bits per heavy atom. The minimum atomic E-state index is -1.17. The summed E-state index contributed by atoms with van der Waals surface area (Å²) < 4.78 is 26.6. The molecule has 0 saturated heterocycles. The molecule has 3 N–H and O–H groups in total. The summed E-state index contributed by atoms with van der Waals surface area (Å²) in [6, 6.07) is 1.22. The fourth-order valence-electron chi connectivity index (χ4n) is 2.67. The fourth-order valence-corrected chi connectivity index (χ4v) is 2.90. The molecule has 0 spiro atoms. The molecule has 0 radical (unpaired) electrons. The molecule has 0 aliphatic heterocycles. The maximum atomic E-state index is 13.9. The number of aliphatic imine (C=N–C) groups is 1. The molecule has 0 unspecified atom stereocenters. The first-order chi connectivity index (χ1) is 16.3. The normalized spacial score (nSPS) is 12.6. The first-order valence-electron chi connectivity index (χ1n) is 10.5. The lowest BCUT2D eigenvalue weighted by Gasteiger charge is -2.21. The lowest BCUT2D eigenvalue weighted by atomic mass is 10.2. The lowest BCUT2D eigenvalue weighted by molar-refractivity contribution is 0.0503. The molecule has 0 saturated carbocycles. The van der Waals surface area contributed by atoms with Gasteiger partial charge in [0.1, 0.15) is 34.7 Å². The van der Waals surface area contributed by atoms with Gasteiger partial charge >= 0.3 is 12.1 Å². The lowest BCUT2D eigenvalue weighted by Crippen LogP contribution is -2.37. The monoisotopic (exact) mass is 554 g/mol. The predicted molar refractivity (Wildman–Crippen MR) is 132 cm³/mol. The molecule has 0 fully saturated rings. The van der Waals surface area contributed by atoms with Crippen LogP contribution in [0.15, 0.2) is 34.5 Å². The number of nitrogens with one attached hydrogen (secondary N) is 2. The minimum absolute atomic E-state index is 0.0586.